The number of rotatable bonds is 8. The molecule has 0 aliphatic rings. The van der Waals surface area contributed by atoms with E-state index in [1.165, 1.54) is 24.8 Å². The van der Waals surface area contributed by atoms with Crippen molar-refractivity contribution in [3.8, 4) is 0 Å². The Morgan fingerprint density at radius 1 is 0.957 bits per heavy atom. The first-order valence-corrected chi connectivity index (χ1v) is 6.45. The molecule has 0 amide bonds. The zero-order chi connectivity index (χ0) is 17.0. The molecule has 2 aromatic heterocycles. The Balaban J connectivity index is 2.32. The van der Waals surface area contributed by atoms with Gasteiger partial charge in [0.25, 0.3) is 0 Å². The Kier molecular flexibility index (Phi) is 4.66. The fraction of sp³-hybridized carbons (Fsp3) is 0.455. The van der Waals surface area contributed by atoms with Gasteiger partial charge in [-0.2, -0.15) is 0 Å². The highest BCUT2D eigenvalue weighted by atomic mass is 16.6. The standard InChI is InChI=1S/C11H14N6O6/c18-7-11(8-19,5-14-3-1-12-9(14)16(20)21)6-15-4-2-13-10(15)17(22)23/h1-4,18-19H,5-8H2. The molecular formula is C11H14N6O6. The van der Waals surface area contributed by atoms with E-state index in [0.29, 0.717) is 0 Å². The molecule has 0 atom stereocenters. The molecule has 0 saturated carbocycles. The van der Waals surface area contributed by atoms with Crippen LogP contribution in [0, 0.1) is 25.6 Å². The quantitative estimate of drug-likeness (QED) is 0.487. The van der Waals surface area contributed by atoms with Crippen LogP contribution in [0.1, 0.15) is 0 Å². The SMILES string of the molecule is O=[N+]([O-])c1nccn1CC(CO)(CO)Cn1ccnc1[N+](=O)[O-]. The molecule has 0 aromatic carbocycles. The lowest BCUT2D eigenvalue weighted by molar-refractivity contribution is -0.397. The van der Waals surface area contributed by atoms with Crippen molar-refractivity contribution in [3.05, 3.63) is 45.0 Å². The number of aliphatic hydroxyl groups is 2. The van der Waals surface area contributed by atoms with Crippen LogP contribution in [0.15, 0.2) is 24.8 Å². The van der Waals surface area contributed by atoms with E-state index in [1.54, 1.807) is 0 Å². The van der Waals surface area contributed by atoms with Crippen LogP contribution in [0.4, 0.5) is 11.9 Å². The summed E-state index contributed by atoms with van der Waals surface area (Å²) in [6, 6.07) is 0. The zero-order valence-corrected chi connectivity index (χ0v) is 11.8. The number of imidazole rings is 2. The molecule has 124 valence electrons. The van der Waals surface area contributed by atoms with E-state index in [2.05, 4.69) is 9.97 Å². The summed E-state index contributed by atoms with van der Waals surface area (Å²) in [5.74, 6) is -0.896. The number of hydrogen-bond acceptors (Lipinski definition) is 8. The van der Waals surface area contributed by atoms with Crippen LogP contribution in [0.5, 0.6) is 0 Å². The molecule has 0 spiro atoms. The molecule has 0 unspecified atom stereocenters. The smallest absolute Gasteiger partial charge is 0.395 e. The highest BCUT2D eigenvalue weighted by Gasteiger charge is 2.36. The molecule has 2 rings (SSSR count). The topological polar surface area (TPSA) is 162 Å². The second-order valence-electron chi connectivity index (χ2n) is 5.04. The summed E-state index contributed by atoms with van der Waals surface area (Å²) in [6.07, 6.45) is 5.11. The molecule has 12 nitrogen and oxygen atoms in total. The molecule has 23 heavy (non-hydrogen) atoms. The van der Waals surface area contributed by atoms with Gasteiger partial charge in [-0.1, -0.05) is 9.97 Å². The van der Waals surface area contributed by atoms with E-state index in [4.69, 9.17) is 0 Å². The summed E-state index contributed by atoms with van der Waals surface area (Å²) in [6.45, 7) is -1.39. The summed E-state index contributed by atoms with van der Waals surface area (Å²) >= 11 is 0. The normalized spacial score (nSPS) is 11.6. The zero-order valence-electron chi connectivity index (χ0n) is 11.8. The molecule has 0 fully saturated rings. The monoisotopic (exact) mass is 326 g/mol. The average Bonchev–Trinajstić information content (AvgIpc) is 3.15. The molecule has 2 heterocycles. The third-order valence-electron chi connectivity index (χ3n) is 3.40. The lowest BCUT2D eigenvalue weighted by atomic mass is 9.89. The fourth-order valence-corrected chi connectivity index (χ4v) is 2.22. The van der Waals surface area contributed by atoms with Crippen molar-refractivity contribution >= 4 is 11.9 Å². The predicted molar refractivity (Wildman–Crippen MR) is 74.4 cm³/mol. The Hall–Kier alpha value is -2.86. The fourth-order valence-electron chi connectivity index (χ4n) is 2.22. The van der Waals surface area contributed by atoms with Gasteiger partial charge in [0.15, 0.2) is 0 Å². The highest BCUT2D eigenvalue weighted by Crippen LogP contribution is 2.26. The van der Waals surface area contributed by atoms with Crippen LogP contribution in [0.2, 0.25) is 0 Å². The van der Waals surface area contributed by atoms with Gasteiger partial charge in [-0.3, -0.25) is 0 Å². The molecule has 2 aromatic rings. The largest absolute Gasteiger partial charge is 0.434 e. The molecule has 0 aliphatic heterocycles. The van der Waals surface area contributed by atoms with Crippen molar-refractivity contribution in [3.63, 3.8) is 0 Å². The van der Waals surface area contributed by atoms with Crippen molar-refractivity contribution in [2.24, 2.45) is 5.41 Å². The molecule has 0 saturated heterocycles. The van der Waals surface area contributed by atoms with Crippen LogP contribution in [0.25, 0.3) is 0 Å². The van der Waals surface area contributed by atoms with Crippen molar-refractivity contribution in [1.82, 2.24) is 19.1 Å². The Labute approximate surface area is 128 Å². The predicted octanol–water partition coefficient (Wildman–Crippen LogP) is -0.433. The van der Waals surface area contributed by atoms with Gasteiger partial charge in [0, 0.05) is 0 Å². The molecule has 0 aliphatic carbocycles. The van der Waals surface area contributed by atoms with Crippen molar-refractivity contribution < 1.29 is 20.1 Å². The van der Waals surface area contributed by atoms with Gasteiger partial charge in [-0.25, -0.2) is 9.13 Å². The van der Waals surface area contributed by atoms with Gasteiger partial charge >= 0.3 is 11.9 Å². The third kappa shape index (κ3) is 3.32. The Morgan fingerprint density at radius 2 is 1.35 bits per heavy atom. The van der Waals surface area contributed by atoms with Crippen LogP contribution >= 0.6 is 0 Å². The van der Waals surface area contributed by atoms with E-state index in [1.807, 2.05) is 0 Å². The summed E-state index contributed by atoms with van der Waals surface area (Å²) in [5, 5.41) is 41.1. The number of nitro groups is 2. The molecular weight excluding hydrogens is 312 g/mol. The first-order chi connectivity index (χ1) is 10.9. The lowest BCUT2D eigenvalue weighted by Gasteiger charge is -2.27. The Morgan fingerprint density at radius 3 is 1.65 bits per heavy atom. The second kappa shape index (κ2) is 6.50. The van der Waals surface area contributed by atoms with E-state index in [9.17, 15) is 30.4 Å². The van der Waals surface area contributed by atoms with Gasteiger partial charge in [0.05, 0.1) is 31.7 Å². The molecule has 0 bridgehead atoms. The summed E-state index contributed by atoms with van der Waals surface area (Å²) in [7, 11) is 0. The summed E-state index contributed by atoms with van der Waals surface area (Å²) in [4.78, 5) is 27.6. The Bertz CT molecular complexity index is 649. The number of nitrogens with zero attached hydrogens (tertiary/aromatic N) is 6. The van der Waals surface area contributed by atoms with E-state index in [-0.39, 0.29) is 13.1 Å². The maximum Gasteiger partial charge on any atom is 0.434 e. The van der Waals surface area contributed by atoms with E-state index >= 15 is 0 Å². The summed E-state index contributed by atoms with van der Waals surface area (Å²) < 4.78 is 2.32. The molecule has 0 radical (unpaired) electrons. The van der Waals surface area contributed by atoms with Gasteiger partial charge in [-0.05, 0) is 9.85 Å². The van der Waals surface area contributed by atoms with E-state index < -0.39 is 40.4 Å². The van der Waals surface area contributed by atoms with Gasteiger partial charge in [0.1, 0.15) is 24.8 Å². The van der Waals surface area contributed by atoms with Gasteiger partial charge in [0.2, 0.25) is 0 Å². The highest BCUT2D eigenvalue weighted by molar-refractivity contribution is 5.10. The summed E-state index contributed by atoms with van der Waals surface area (Å²) in [5.41, 5.74) is -1.27. The van der Waals surface area contributed by atoms with Crippen molar-refractivity contribution in [2.45, 2.75) is 13.1 Å². The number of aliphatic hydroxyl groups excluding tert-OH is 2. The third-order valence-corrected chi connectivity index (χ3v) is 3.40. The maximum atomic E-state index is 10.9. The number of aromatic nitrogens is 4. The first-order valence-electron chi connectivity index (χ1n) is 6.45. The molecule has 12 heteroatoms. The van der Waals surface area contributed by atoms with Gasteiger partial charge < -0.3 is 30.4 Å². The maximum absolute atomic E-state index is 10.9. The van der Waals surface area contributed by atoms with Crippen LogP contribution < -0.4 is 0 Å². The van der Waals surface area contributed by atoms with Crippen LogP contribution in [-0.2, 0) is 13.1 Å². The van der Waals surface area contributed by atoms with E-state index in [0.717, 1.165) is 9.13 Å². The first kappa shape index (κ1) is 16.5. The minimum atomic E-state index is -1.27. The van der Waals surface area contributed by atoms with Crippen molar-refractivity contribution in [1.29, 1.82) is 0 Å². The second-order valence-corrected chi connectivity index (χ2v) is 5.04. The van der Waals surface area contributed by atoms with Gasteiger partial charge in [-0.15, -0.1) is 0 Å². The van der Waals surface area contributed by atoms with Crippen LogP contribution in [0.3, 0.4) is 0 Å². The molecule has 2 N–H and O–H groups in total. The van der Waals surface area contributed by atoms with Crippen molar-refractivity contribution in [2.75, 3.05) is 13.2 Å². The van der Waals surface area contributed by atoms with Crippen LogP contribution in [-0.4, -0.2) is 52.4 Å². The average molecular weight is 326 g/mol. The lowest BCUT2D eigenvalue weighted by Crippen LogP contribution is -2.39. The minimum absolute atomic E-state index is 0.147. The number of hydrogen-bond donors (Lipinski definition) is 2. The minimum Gasteiger partial charge on any atom is -0.395 e.